The van der Waals surface area contributed by atoms with E-state index in [1.165, 1.54) is 31.4 Å². The van der Waals surface area contributed by atoms with Crippen molar-refractivity contribution < 1.29 is 14.6 Å². The molecule has 1 aliphatic carbocycles. The number of aromatic nitrogens is 1. The molecule has 1 amide bonds. The van der Waals surface area contributed by atoms with Crippen LogP contribution in [-0.4, -0.2) is 98.0 Å². The summed E-state index contributed by atoms with van der Waals surface area (Å²) in [6.45, 7) is 7.56. The van der Waals surface area contributed by atoms with Crippen molar-refractivity contribution in [3.05, 3.63) is 30.3 Å². The summed E-state index contributed by atoms with van der Waals surface area (Å²) >= 11 is 0. The maximum absolute atomic E-state index is 12.8. The Kier molecular flexibility index (Phi) is 8.30. The van der Waals surface area contributed by atoms with Crippen LogP contribution in [0, 0.1) is 5.92 Å². The molecule has 0 spiro atoms. The first kappa shape index (κ1) is 27.1. The summed E-state index contributed by atoms with van der Waals surface area (Å²) in [6.07, 6.45) is 7.60. The van der Waals surface area contributed by atoms with Crippen LogP contribution >= 0.6 is 0 Å². The van der Waals surface area contributed by atoms with Crippen LogP contribution in [0.3, 0.4) is 0 Å². The lowest BCUT2D eigenvalue weighted by atomic mass is 9.94. The molecule has 2 unspecified atom stereocenters. The third-order valence-corrected chi connectivity index (χ3v) is 9.30. The second-order valence-electron chi connectivity index (χ2n) is 11.9. The molecule has 216 valence electrons. The molecule has 9 heteroatoms. The van der Waals surface area contributed by atoms with Gasteiger partial charge in [-0.15, -0.1) is 0 Å². The number of morpholine rings is 1. The third-order valence-electron chi connectivity index (χ3n) is 9.30. The summed E-state index contributed by atoms with van der Waals surface area (Å²) in [7, 11) is 2.13. The monoisotopic (exact) mass is 548 g/mol. The SMILES string of the molecule is CN1CCN(C(=O)CCC2CCCC(N3CNc4c3cc(N3CCOCC3)nc4-c3cccc(O)c3)CC2)CC1. The molecule has 2 saturated heterocycles. The molecule has 1 aromatic carbocycles. The molecule has 40 heavy (non-hydrogen) atoms. The zero-order valence-corrected chi connectivity index (χ0v) is 23.9. The fraction of sp³-hybridized carbons (Fsp3) is 0.613. The van der Waals surface area contributed by atoms with E-state index < -0.39 is 0 Å². The zero-order chi connectivity index (χ0) is 27.5. The first-order valence-electron chi connectivity index (χ1n) is 15.2. The molecule has 0 radical (unpaired) electrons. The van der Waals surface area contributed by atoms with Crippen molar-refractivity contribution in [1.82, 2.24) is 14.8 Å². The van der Waals surface area contributed by atoms with Gasteiger partial charge in [-0.3, -0.25) is 4.79 Å². The highest BCUT2D eigenvalue weighted by Crippen LogP contribution is 2.44. The molecule has 2 aromatic rings. The smallest absolute Gasteiger partial charge is 0.222 e. The van der Waals surface area contributed by atoms with Gasteiger partial charge in [-0.1, -0.05) is 25.0 Å². The van der Waals surface area contributed by atoms with E-state index in [1.54, 1.807) is 12.1 Å². The Balaban J connectivity index is 1.16. The minimum absolute atomic E-state index is 0.251. The molecule has 4 aliphatic rings. The molecule has 0 bridgehead atoms. The van der Waals surface area contributed by atoms with Gasteiger partial charge in [-0.05, 0) is 50.8 Å². The molecule has 9 nitrogen and oxygen atoms in total. The van der Waals surface area contributed by atoms with E-state index in [1.807, 2.05) is 12.1 Å². The van der Waals surface area contributed by atoms with Gasteiger partial charge in [0.2, 0.25) is 5.91 Å². The summed E-state index contributed by atoms with van der Waals surface area (Å²) in [5, 5.41) is 13.9. The minimum atomic E-state index is 0.251. The van der Waals surface area contributed by atoms with Crippen LogP contribution in [0.4, 0.5) is 17.2 Å². The number of ether oxygens (including phenoxy) is 1. The van der Waals surface area contributed by atoms with E-state index in [9.17, 15) is 9.90 Å². The van der Waals surface area contributed by atoms with Crippen molar-refractivity contribution in [2.45, 2.75) is 51.0 Å². The maximum Gasteiger partial charge on any atom is 0.222 e. The molecule has 2 N–H and O–H groups in total. The maximum atomic E-state index is 12.8. The lowest BCUT2D eigenvalue weighted by Gasteiger charge is -2.32. The summed E-state index contributed by atoms with van der Waals surface area (Å²) in [4.78, 5) is 27.2. The lowest BCUT2D eigenvalue weighted by Crippen LogP contribution is -2.47. The first-order chi connectivity index (χ1) is 19.5. The van der Waals surface area contributed by atoms with Crippen LogP contribution in [-0.2, 0) is 9.53 Å². The predicted octanol–water partition coefficient (Wildman–Crippen LogP) is 3.98. The molecule has 4 heterocycles. The first-order valence-corrected chi connectivity index (χ1v) is 15.2. The van der Waals surface area contributed by atoms with Crippen LogP contribution in [0.2, 0.25) is 0 Å². The number of amides is 1. The number of phenolic OH excluding ortho intramolecular Hbond substituents is 1. The van der Waals surface area contributed by atoms with Gasteiger partial charge in [0.1, 0.15) is 11.6 Å². The van der Waals surface area contributed by atoms with Crippen LogP contribution in [0.25, 0.3) is 11.3 Å². The van der Waals surface area contributed by atoms with Gasteiger partial charge in [0.25, 0.3) is 0 Å². The molecule has 2 atom stereocenters. The quantitative estimate of drug-likeness (QED) is 0.525. The predicted molar refractivity (Wildman–Crippen MR) is 159 cm³/mol. The van der Waals surface area contributed by atoms with Crippen molar-refractivity contribution in [2.75, 3.05) is 81.3 Å². The van der Waals surface area contributed by atoms with Gasteiger partial charge >= 0.3 is 0 Å². The van der Waals surface area contributed by atoms with Crippen molar-refractivity contribution in [2.24, 2.45) is 5.92 Å². The number of hydrogen-bond acceptors (Lipinski definition) is 8. The number of anilines is 3. The van der Waals surface area contributed by atoms with E-state index in [4.69, 9.17) is 9.72 Å². The Morgan fingerprint density at radius 3 is 2.67 bits per heavy atom. The van der Waals surface area contributed by atoms with Crippen molar-refractivity contribution >= 4 is 23.1 Å². The number of hydrogen-bond donors (Lipinski definition) is 2. The number of nitrogens with zero attached hydrogens (tertiary/aromatic N) is 5. The molecule has 6 rings (SSSR count). The number of phenols is 1. The highest BCUT2D eigenvalue weighted by atomic mass is 16.5. The Morgan fingerprint density at radius 1 is 1.05 bits per heavy atom. The fourth-order valence-corrected chi connectivity index (χ4v) is 6.81. The molecule has 3 fully saturated rings. The third kappa shape index (κ3) is 6.00. The summed E-state index contributed by atoms with van der Waals surface area (Å²) in [5.41, 5.74) is 4.09. The number of piperazine rings is 1. The second-order valence-corrected chi connectivity index (χ2v) is 11.9. The molecular formula is C31H44N6O3. The van der Waals surface area contributed by atoms with E-state index in [-0.39, 0.29) is 5.75 Å². The second kappa shape index (κ2) is 12.2. The lowest BCUT2D eigenvalue weighted by molar-refractivity contribution is -0.133. The van der Waals surface area contributed by atoms with Gasteiger partial charge in [0, 0.05) is 63.4 Å². The van der Waals surface area contributed by atoms with Crippen LogP contribution < -0.4 is 15.1 Å². The van der Waals surface area contributed by atoms with Gasteiger partial charge in [-0.25, -0.2) is 4.98 Å². The Morgan fingerprint density at radius 2 is 1.88 bits per heavy atom. The average molecular weight is 549 g/mol. The van der Waals surface area contributed by atoms with E-state index in [2.05, 4.69) is 38.0 Å². The van der Waals surface area contributed by atoms with Crippen LogP contribution in [0.15, 0.2) is 30.3 Å². The van der Waals surface area contributed by atoms with Crippen molar-refractivity contribution in [1.29, 1.82) is 0 Å². The van der Waals surface area contributed by atoms with Crippen LogP contribution in [0.1, 0.15) is 44.9 Å². The Bertz CT molecular complexity index is 1180. The van der Waals surface area contributed by atoms with Crippen molar-refractivity contribution in [3.63, 3.8) is 0 Å². The van der Waals surface area contributed by atoms with Gasteiger partial charge in [0.15, 0.2) is 0 Å². The normalized spacial score (nSPS) is 24.0. The summed E-state index contributed by atoms with van der Waals surface area (Å²) < 4.78 is 5.61. The fourth-order valence-electron chi connectivity index (χ4n) is 6.81. The number of likely N-dealkylation sites (N-methyl/N-ethyl adjacent to an activating group) is 1. The standard InChI is InChI=1S/C31H44N6O3/c1-34-12-14-36(15-13-34)29(39)11-9-23-4-2-6-25(10-8-23)37-22-32-31-27(37)21-28(35-16-18-40-19-17-35)33-30(31)24-5-3-7-26(38)20-24/h3,5,7,20-21,23,25,32,38H,2,4,6,8-19,22H2,1H3. The van der Waals surface area contributed by atoms with Crippen molar-refractivity contribution in [3.8, 4) is 17.0 Å². The topological polar surface area (TPSA) is 84.4 Å². The number of fused-ring (bicyclic) bond motifs is 1. The largest absolute Gasteiger partial charge is 0.508 e. The highest BCUT2D eigenvalue weighted by Gasteiger charge is 2.32. The summed E-state index contributed by atoms with van der Waals surface area (Å²) in [6, 6.07) is 10.1. The molecule has 3 aliphatic heterocycles. The van der Waals surface area contributed by atoms with Gasteiger partial charge < -0.3 is 34.8 Å². The average Bonchev–Trinajstić information content (AvgIpc) is 3.27. The van der Waals surface area contributed by atoms with Gasteiger partial charge in [0.05, 0.1) is 37.0 Å². The number of rotatable bonds is 6. The Labute approximate surface area is 238 Å². The molecule has 1 saturated carbocycles. The highest BCUT2D eigenvalue weighted by molar-refractivity contribution is 5.90. The van der Waals surface area contributed by atoms with E-state index in [0.29, 0.717) is 37.5 Å². The zero-order valence-electron chi connectivity index (χ0n) is 23.9. The minimum Gasteiger partial charge on any atom is -0.508 e. The summed E-state index contributed by atoms with van der Waals surface area (Å²) in [5.74, 6) is 2.19. The van der Waals surface area contributed by atoms with E-state index >= 15 is 0 Å². The molecular weight excluding hydrogens is 504 g/mol. The van der Waals surface area contributed by atoms with E-state index in [0.717, 1.165) is 81.5 Å². The number of aromatic hydroxyl groups is 1. The van der Waals surface area contributed by atoms with Crippen LogP contribution in [0.5, 0.6) is 5.75 Å². The molecule has 1 aromatic heterocycles. The van der Waals surface area contributed by atoms with Gasteiger partial charge in [-0.2, -0.15) is 0 Å². The number of nitrogens with one attached hydrogen (secondary N) is 1. The number of carbonyl (C=O) groups excluding carboxylic acids is 1. The number of pyridine rings is 1. The number of carbonyl (C=O) groups is 1. The number of benzene rings is 1. The Hall–Kier alpha value is -3.04.